The first kappa shape index (κ1) is 13.9. The molecule has 3 N–H and O–H groups in total. The van der Waals surface area contributed by atoms with Gasteiger partial charge in [0.1, 0.15) is 6.07 Å². The van der Waals surface area contributed by atoms with Crippen molar-refractivity contribution in [3.8, 4) is 6.07 Å². The number of rotatable bonds is 3. The van der Waals surface area contributed by atoms with Gasteiger partial charge in [0.25, 0.3) is 0 Å². The van der Waals surface area contributed by atoms with E-state index in [0.29, 0.717) is 22.6 Å². The van der Waals surface area contributed by atoms with E-state index < -0.39 is 9.84 Å². The Hall–Kier alpha value is -2.52. The Bertz CT molecular complexity index is 792. The van der Waals surface area contributed by atoms with Gasteiger partial charge >= 0.3 is 0 Å². The molecule has 102 valence electrons. The van der Waals surface area contributed by atoms with Crippen LogP contribution in [-0.2, 0) is 9.84 Å². The zero-order valence-corrected chi connectivity index (χ0v) is 11.6. The summed E-state index contributed by atoms with van der Waals surface area (Å²) in [7, 11) is -3.29. The van der Waals surface area contributed by atoms with Crippen LogP contribution in [0.5, 0.6) is 0 Å². The second kappa shape index (κ2) is 5.23. The molecule has 0 spiro atoms. The van der Waals surface area contributed by atoms with Crippen LogP contribution in [0.3, 0.4) is 0 Å². The smallest absolute Gasteiger partial charge is 0.175 e. The monoisotopic (exact) mass is 287 g/mol. The van der Waals surface area contributed by atoms with Gasteiger partial charge in [-0.25, -0.2) is 8.42 Å². The molecule has 0 aliphatic rings. The van der Waals surface area contributed by atoms with Gasteiger partial charge in [0.15, 0.2) is 9.84 Å². The summed E-state index contributed by atoms with van der Waals surface area (Å²) < 4.78 is 22.9. The topological polar surface area (TPSA) is 96.0 Å². The average Bonchev–Trinajstić information content (AvgIpc) is 2.40. The fraction of sp³-hybridized carbons (Fsp3) is 0.0714. The molecule has 5 nitrogen and oxygen atoms in total. The van der Waals surface area contributed by atoms with Crippen molar-refractivity contribution < 1.29 is 8.42 Å². The van der Waals surface area contributed by atoms with Crippen LogP contribution >= 0.6 is 0 Å². The van der Waals surface area contributed by atoms with Gasteiger partial charge in [0.05, 0.1) is 27.5 Å². The predicted molar refractivity (Wildman–Crippen MR) is 78.4 cm³/mol. The number of hydrogen-bond donors (Lipinski definition) is 2. The highest BCUT2D eigenvalue weighted by molar-refractivity contribution is 7.90. The zero-order chi connectivity index (χ0) is 14.8. The number of anilines is 3. The molecule has 0 bridgehead atoms. The van der Waals surface area contributed by atoms with Crippen LogP contribution in [0.25, 0.3) is 0 Å². The Balaban J connectivity index is 2.39. The van der Waals surface area contributed by atoms with Crippen molar-refractivity contribution in [1.82, 2.24) is 0 Å². The molecular formula is C14H13N3O2S. The van der Waals surface area contributed by atoms with Crippen molar-refractivity contribution >= 4 is 26.9 Å². The molecule has 6 heteroatoms. The van der Waals surface area contributed by atoms with E-state index in [4.69, 9.17) is 11.0 Å². The Morgan fingerprint density at radius 1 is 1.15 bits per heavy atom. The van der Waals surface area contributed by atoms with E-state index in [2.05, 4.69) is 11.4 Å². The van der Waals surface area contributed by atoms with E-state index in [9.17, 15) is 8.42 Å². The van der Waals surface area contributed by atoms with Crippen LogP contribution in [0.15, 0.2) is 47.4 Å². The summed E-state index contributed by atoms with van der Waals surface area (Å²) in [6.45, 7) is 0. The number of sulfone groups is 1. The summed E-state index contributed by atoms with van der Waals surface area (Å²) in [5.74, 6) is 0. The molecule has 20 heavy (non-hydrogen) atoms. The van der Waals surface area contributed by atoms with Crippen LogP contribution in [0.1, 0.15) is 5.56 Å². The Morgan fingerprint density at radius 3 is 2.45 bits per heavy atom. The number of nitrogens with one attached hydrogen (secondary N) is 1. The fourth-order valence-corrected chi connectivity index (χ4v) is 2.38. The highest BCUT2D eigenvalue weighted by Crippen LogP contribution is 2.27. The molecule has 0 aromatic heterocycles. The highest BCUT2D eigenvalue weighted by Gasteiger charge is 2.10. The Morgan fingerprint density at radius 2 is 1.85 bits per heavy atom. The number of nitriles is 1. The second-order valence-corrected chi connectivity index (χ2v) is 6.32. The van der Waals surface area contributed by atoms with Crippen LogP contribution in [0.2, 0.25) is 0 Å². The minimum atomic E-state index is -3.29. The van der Waals surface area contributed by atoms with Crippen LogP contribution in [0.4, 0.5) is 17.1 Å². The third kappa shape index (κ3) is 2.90. The first-order chi connectivity index (χ1) is 9.41. The van der Waals surface area contributed by atoms with E-state index in [1.165, 1.54) is 12.1 Å². The lowest BCUT2D eigenvalue weighted by Gasteiger charge is -2.11. The van der Waals surface area contributed by atoms with Gasteiger partial charge in [-0.15, -0.1) is 0 Å². The van der Waals surface area contributed by atoms with Gasteiger partial charge in [-0.3, -0.25) is 0 Å². The minimum absolute atomic E-state index is 0.161. The van der Waals surface area contributed by atoms with Crippen LogP contribution < -0.4 is 11.1 Å². The third-order valence-corrected chi connectivity index (χ3v) is 3.88. The van der Waals surface area contributed by atoms with E-state index >= 15 is 0 Å². The van der Waals surface area contributed by atoms with Gasteiger partial charge in [-0.2, -0.15) is 5.26 Å². The summed E-state index contributed by atoms with van der Waals surface area (Å²) in [5, 5.41) is 12.0. The molecule has 0 atom stereocenters. The van der Waals surface area contributed by atoms with Crippen molar-refractivity contribution in [2.45, 2.75) is 4.90 Å². The molecule has 0 unspecified atom stereocenters. The van der Waals surface area contributed by atoms with E-state index in [0.717, 1.165) is 6.26 Å². The van der Waals surface area contributed by atoms with Crippen molar-refractivity contribution in [3.63, 3.8) is 0 Å². The number of nitrogen functional groups attached to an aromatic ring is 1. The standard InChI is InChI=1S/C14H13N3O2S/c1-20(18,19)11-6-7-14(12(16)8-11)17-13-5-3-2-4-10(13)9-15/h2-8,17H,16H2,1H3. The molecule has 0 saturated carbocycles. The quantitative estimate of drug-likeness (QED) is 0.844. The fourth-order valence-electron chi connectivity index (χ4n) is 1.72. The highest BCUT2D eigenvalue weighted by atomic mass is 32.2. The SMILES string of the molecule is CS(=O)(=O)c1ccc(Nc2ccccc2C#N)c(N)c1. The minimum Gasteiger partial charge on any atom is -0.397 e. The van der Waals surface area contributed by atoms with Gasteiger partial charge in [0, 0.05) is 6.26 Å². The molecule has 2 aromatic carbocycles. The van der Waals surface area contributed by atoms with Crippen molar-refractivity contribution in [2.24, 2.45) is 0 Å². The van der Waals surface area contributed by atoms with Crippen molar-refractivity contribution in [3.05, 3.63) is 48.0 Å². The largest absolute Gasteiger partial charge is 0.397 e. The lowest BCUT2D eigenvalue weighted by Crippen LogP contribution is -2.02. The van der Waals surface area contributed by atoms with Crippen molar-refractivity contribution in [2.75, 3.05) is 17.3 Å². The molecular weight excluding hydrogens is 274 g/mol. The molecule has 0 fully saturated rings. The Kier molecular flexibility index (Phi) is 3.63. The van der Waals surface area contributed by atoms with Gasteiger partial charge in [0.2, 0.25) is 0 Å². The molecule has 0 aliphatic heterocycles. The van der Waals surface area contributed by atoms with E-state index in [1.54, 1.807) is 30.3 Å². The maximum absolute atomic E-state index is 11.4. The first-order valence-corrected chi connectivity index (χ1v) is 7.66. The number of nitrogens with zero attached hydrogens (tertiary/aromatic N) is 1. The number of benzene rings is 2. The van der Waals surface area contributed by atoms with E-state index in [1.807, 2.05) is 0 Å². The first-order valence-electron chi connectivity index (χ1n) is 5.77. The lowest BCUT2D eigenvalue weighted by atomic mass is 10.2. The molecule has 0 amide bonds. The van der Waals surface area contributed by atoms with Gasteiger partial charge < -0.3 is 11.1 Å². The normalized spacial score (nSPS) is 10.8. The maximum Gasteiger partial charge on any atom is 0.175 e. The maximum atomic E-state index is 11.4. The number of para-hydroxylation sites is 1. The van der Waals surface area contributed by atoms with E-state index in [-0.39, 0.29) is 4.90 Å². The predicted octanol–water partition coefficient (Wildman–Crippen LogP) is 2.29. The molecule has 2 rings (SSSR count). The Labute approximate surface area is 117 Å². The molecule has 0 heterocycles. The number of nitrogens with two attached hydrogens (primary N) is 1. The van der Waals surface area contributed by atoms with Crippen LogP contribution in [-0.4, -0.2) is 14.7 Å². The van der Waals surface area contributed by atoms with Crippen LogP contribution in [0, 0.1) is 11.3 Å². The second-order valence-electron chi connectivity index (χ2n) is 4.30. The van der Waals surface area contributed by atoms with Gasteiger partial charge in [-0.05, 0) is 30.3 Å². The third-order valence-electron chi connectivity index (χ3n) is 2.77. The molecule has 2 aromatic rings. The molecule has 0 radical (unpaired) electrons. The zero-order valence-electron chi connectivity index (χ0n) is 10.8. The molecule has 0 aliphatic carbocycles. The summed E-state index contributed by atoms with van der Waals surface area (Å²) in [6.07, 6.45) is 1.12. The van der Waals surface area contributed by atoms with Gasteiger partial charge in [-0.1, -0.05) is 12.1 Å². The number of hydrogen-bond acceptors (Lipinski definition) is 5. The summed E-state index contributed by atoms with van der Waals surface area (Å²) in [6, 6.07) is 13.5. The molecule has 0 saturated heterocycles. The average molecular weight is 287 g/mol. The summed E-state index contributed by atoms with van der Waals surface area (Å²) >= 11 is 0. The summed E-state index contributed by atoms with van der Waals surface area (Å²) in [4.78, 5) is 0.161. The van der Waals surface area contributed by atoms with Crippen molar-refractivity contribution in [1.29, 1.82) is 5.26 Å². The summed E-state index contributed by atoms with van der Waals surface area (Å²) in [5.41, 5.74) is 7.81. The lowest BCUT2D eigenvalue weighted by molar-refractivity contribution is 0.602.